The minimum atomic E-state index is -3.81. The molecule has 0 aliphatic heterocycles. The minimum Gasteiger partial charge on any atom is -0.272 e. The number of hydroxylamine groups is 1. The summed E-state index contributed by atoms with van der Waals surface area (Å²) in [6, 6.07) is 18.5. The standard InChI is InChI=1S/C17H18ClNO4S.ClH/c18-24(21,22)13-16(11-14-7-3-1-4-8-14)17(20)19-23-12-15-9-5-2-6-10-15;/h1-10,16H,11-13H2,(H,19,20);1H. The molecule has 0 spiro atoms. The van der Waals surface area contributed by atoms with Gasteiger partial charge in [-0.15, -0.1) is 12.4 Å². The molecule has 2 rings (SSSR count). The largest absolute Gasteiger partial charge is 0.272 e. The Hall–Kier alpha value is -1.60. The van der Waals surface area contributed by atoms with Crippen molar-refractivity contribution in [3.63, 3.8) is 0 Å². The van der Waals surface area contributed by atoms with E-state index in [4.69, 9.17) is 15.5 Å². The molecule has 2 aromatic carbocycles. The smallest absolute Gasteiger partial charge is 0.248 e. The van der Waals surface area contributed by atoms with Crippen LogP contribution in [0.2, 0.25) is 0 Å². The topological polar surface area (TPSA) is 72.5 Å². The highest BCUT2D eigenvalue weighted by Gasteiger charge is 2.25. The van der Waals surface area contributed by atoms with Gasteiger partial charge in [0.05, 0.1) is 18.3 Å². The van der Waals surface area contributed by atoms with Gasteiger partial charge in [-0.25, -0.2) is 13.9 Å². The van der Waals surface area contributed by atoms with Crippen LogP contribution in [0.5, 0.6) is 0 Å². The highest BCUT2D eigenvalue weighted by Crippen LogP contribution is 2.14. The molecular weight excluding hydrogens is 385 g/mol. The highest BCUT2D eigenvalue weighted by atomic mass is 35.7. The average Bonchev–Trinajstić information content (AvgIpc) is 2.55. The molecule has 0 saturated heterocycles. The monoisotopic (exact) mass is 403 g/mol. The molecule has 0 aliphatic carbocycles. The second kappa shape index (κ2) is 10.4. The maximum atomic E-state index is 12.3. The fourth-order valence-corrected chi connectivity index (χ4v) is 3.42. The van der Waals surface area contributed by atoms with Crippen molar-refractivity contribution in [3.05, 3.63) is 71.8 Å². The lowest BCUT2D eigenvalue weighted by molar-refractivity contribution is -0.138. The fraction of sp³-hybridized carbons (Fsp3) is 0.235. The second-order valence-electron chi connectivity index (χ2n) is 5.33. The summed E-state index contributed by atoms with van der Waals surface area (Å²) in [6.07, 6.45) is 0.257. The van der Waals surface area contributed by atoms with Crippen molar-refractivity contribution in [3.8, 4) is 0 Å². The van der Waals surface area contributed by atoms with E-state index in [1.165, 1.54) is 0 Å². The van der Waals surface area contributed by atoms with Crippen LogP contribution in [0.4, 0.5) is 0 Å². The van der Waals surface area contributed by atoms with E-state index < -0.39 is 26.6 Å². The highest BCUT2D eigenvalue weighted by molar-refractivity contribution is 8.13. The van der Waals surface area contributed by atoms with Gasteiger partial charge in [0.2, 0.25) is 15.0 Å². The Bertz CT molecular complexity index is 755. The second-order valence-corrected chi connectivity index (χ2v) is 8.15. The Morgan fingerprint density at radius 2 is 1.52 bits per heavy atom. The van der Waals surface area contributed by atoms with E-state index in [9.17, 15) is 13.2 Å². The maximum Gasteiger partial charge on any atom is 0.248 e. The summed E-state index contributed by atoms with van der Waals surface area (Å²) >= 11 is 0. The molecule has 0 fully saturated rings. The molecule has 0 heterocycles. The van der Waals surface area contributed by atoms with Gasteiger partial charge in [-0.05, 0) is 17.5 Å². The number of carbonyl (C=O) groups is 1. The number of rotatable bonds is 8. The molecule has 1 unspecified atom stereocenters. The lowest BCUT2D eigenvalue weighted by atomic mass is 10.0. The quantitative estimate of drug-likeness (QED) is 0.542. The number of nitrogens with one attached hydrogen (secondary N) is 1. The summed E-state index contributed by atoms with van der Waals surface area (Å²) in [7, 11) is 1.51. The van der Waals surface area contributed by atoms with Gasteiger partial charge in [-0.2, -0.15) is 0 Å². The Morgan fingerprint density at radius 1 is 1.00 bits per heavy atom. The zero-order chi connectivity index (χ0) is 17.4. The number of halogens is 2. The number of hydrogen-bond acceptors (Lipinski definition) is 4. The van der Waals surface area contributed by atoms with Crippen LogP contribution in [0, 0.1) is 5.92 Å². The van der Waals surface area contributed by atoms with E-state index in [0.717, 1.165) is 11.1 Å². The molecule has 2 aromatic rings. The lowest BCUT2D eigenvalue weighted by Gasteiger charge is -2.15. The summed E-state index contributed by atoms with van der Waals surface area (Å²) in [4.78, 5) is 17.4. The van der Waals surface area contributed by atoms with Gasteiger partial charge in [0.15, 0.2) is 0 Å². The minimum absolute atomic E-state index is 0. The van der Waals surface area contributed by atoms with Crippen molar-refractivity contribution >= 4 is 38.0 Å². The molecule has 136 valence electrons. The molecule has 0 aliphatic rings. The molecule has 1 atom stereocenters. The van der Waals surface area contributed by atoms with Crippen molar-refractivity contribution < 1.29 is 18.0 Å². The van der Waals surface area contributed by atoms with Crippen molar-refractivity contribution in [2.45, 2.75) is 13.0 Å². The molecule has 0 aromatic heterocycles. The predicted molar refractivity (Wildman–Crippen MR) is 99.9 cm³/mol. The van der Waals surface area contributed by atoms with E-state index in [1.54, 1.807) is 0 Å². The van der Waals surface area contributed by atoms with Gasteiger partial charge in [0.1, 0.15) is 0 Å². The molecule has 25 heavy (non-hydrogen) atoms. The van der Waals surface area contributed by atoms with Gasteiger partial charge in [-0.1, -0.05) is 60.7 Å². The lowest BCUT2D eigenvalue weighted by Crippen LogP contribution is -2.35. The molecule has 0 radical (unpaired) electrons. The first kappa shape index (κ1) is 21.4. The Kier molecular flexibility index (Phi) is 8.92. The van der Waals surface area contributed by atoms with Crippen LogP contribution < -0.4 is 5.48 Å². The molecule has 1 N–H and O–H groups in total. The van der Waals surface area contributed by atoms with Gasteiger partial charge >= 0.3 is 0 Å². The molecule has 5 nitrogen and oxygen atoms in total. The SMILES string of the molecule is Cl.O=C(NOCc1ccccc1)C(Cc1ccccc1)CS(=O)(=O)Cl. The van der Waals surface area contributed by atoms with Crippen LogP contribution in [0.3, 0.4) is 0 Å². The van der Waals surface area contributed by atoms with Crippen molar-refractivity contribution in [2.75, 3.05) is 5.75 Å². The summed E-state index contributed by atoms with van der Waals surface area (Å²) < 4.78 is 22.8. The fourth-order valence-electron chi connectivity index (χ4n) is 2.21. The van der Waals surface area contributed by atoms with Crippen LogP contribution in [0.15, 0.2) is 60.7 Å². The number of hydrogen-bond donors (Lipinski definition) is 1. The summed E-state index contributed by atoms with van der Waals surface area (Å²) in [5.41, 5.74) is 4.05. The van der Waals surface area contributed by atoms with Gasteiger partial charge in [0, 0.05) is 10.7 Å². The zero-order valence-corrected chi connectivity index (χ0v) is 15.7. The zero-order valence-electron chi connectivity index (χ0n) is 13.3. The van der Waals surface area contributed by atoms with Crippen LogP contribution in [0.25, 0.3) is 0 Å². The molecule has 0 saturated carbocycles. The third-order valence-corrected chi connectivity index (χ3v) is 4.53. The van der Waals surface area contributed by atoms with E-state index in [0.29, 0.717) is 0 Å². The van der Waals surface area contributed by atoms with Gasteiger partial charge in [0.25, 0.3) is 0 Å². The first-order chi connectivity index (χ1) is 11.4. The van der Waals surface area contributed by atoms with E-state index in [2.05, 4.69) is 5.48 Å². The van der Waals surface area contributed by atoms with E-state index in [-0.39, 0.29) is 25.4 Å². The average molecular weight is 404 g/mol. The van der Waals surface area contributed by atoms with Crippen LogP contribution in [-0.2, 0) is 31.7 Å². The Morgan fingerprint density at radius 3 is 2.04 bits per heavy atom. The molecular formula is C17H19Cl2NO4S. The predicted octanol–water partition coefficient (Wildman–Crippen LogP) is 3.08. The van der Waals surface area contributed by atoms with E-state index >= 15 is 0 Å². The number of amides is 1. The van der Waals surface area contributed by atoms with Crippen LogP contribution in [0.1, 0.15) is 11.1 Å². The molecule has 0 bridgehead atoms. The maximum absolute atomic E-state index is 12.3. The van der Waals surface area contributed by atoms with Crippen molar-refractivity contribution in [2.24, 2.45) is 5.92 Å². The first-order valence-corrected chi connectivity index (χ1v) is 9.84. The van der Waals surface area contributed by atoms with Gasteiger partial charge < -0.3 is 0 Å². The Balaban J connectivity index is 0.00000312. The number of benzene rings is 2. The summed E-state index contributed by atoms with van der Waals surface area (Å²) in [5, 5.41) is 0. The summed E-state index contributed by atoms with van der Waals surface area (Å²) in [5.74, 6) is -1.80. The van der Waals surface area contributed by atoms with E-state index in [1.807, 2.05) is 60.7 Å². The van der Waals surface area contributed by atoms with Crippen molar-refractivity contribution in [1.29, 1.82) is 0 Å². The molecule has 8 heteroatoms. The van der Waals surface area contributed by atoms with Crippen LogP contribution >= 0.6 is 23.1 Å². The number of carbonyl (C=O) groups excluding carboxylic acids is 1. The summed E-state index contributed by atoms with van der Waals surface area (Å²) in [6.45, 7) is 0.193. The Labute approximate surface area is 158 Å². The van der Waals surface area contributed by atoms with Crippen LogP contribution in [-0.4, -0.2) is 20.1 Å². The van der Waals surface area contributed by atoms with Crippen molar-refractivity contribution in [1.82, 2.24) is 5.48 Å². The molecule has 1 amide bonds. The normalized spacial score (nSPS) is 12.0. The van der Waals surface area contributed by atoms with Gasteiger partial charge in [-0.3, -0.25) is 9.63 Å². The first-order valence-electron chi connectivity index (χ1n) is 7.36. The third kappa shape index (κ3) is 8.36. The third-order valence-electron chi connectivity index (χ3n) is 3.35.